The van der Waals surface area contributed by atoms with Gasteiger partial charge in [-0.25, -0.2) is 0 Å². The summed E-state index contributed by atoms with van der Waals surface area (Å²) in [7, 11) is 0. The molecule has 1 rings (SSSR count). The fourth-order valence-electron chi connectivity index (χ4n) is 1.02. The first-order valence-electron chi connectivity index (χ1n) is 3.58. The van der Waals surface area contributed by atoms with Gasteiger partial charge in [0.2, 0.25) is 0 Å². The Morgan fingerprint density at radius 3 is 2.42 bits per heavy atom. The first-order chi connectivity index (χ1) is 5.47. The molecule has 12 heavy (non-hydrogen) atoms. The van der Waals surface area contributed by atoms with Crippen molar-refractivity contribution in [2.24, 2.45) is 0 Å². The first-order valence-corrected chi connectivity index (χ1v) is 3.58. The molecule has 0 aromatic heterocycles. The molecule has 0 aromatic rings. The van der Waals surface area contributed by atoms with Crippen LogP contribution in [0.4, 0.5) is 13.2 Å². The van der Waals surface area contributed by atoms with Crippen LogP contribution in [0.15, 0.2) is 0 Å². The minimum atomic E-state index is -4.54. The molecule has 0 radical (unpaired) electrons. The monoisotopic (exact) mass is 185 g/mol. The largest absolute Gasteiger partial charge is 0.522 e. The Hall–Kier alpha value is -0.330. The summed E-state index contributed by atoms with van der Waals surface area (Å²) >= 11 is 0. The zero-order valence-corrected chi connectivity index (χ0v) is 6.34. The molecule has 0 amide bonds. The van der Waals surface area contributed by atoms with Crippen LogP contribution in [-0.4, -0.2) is 48.7 Å². The van der Waals surface area contributed by atoms with Crippen molar-refractivity contribution >= 4 is 0 Å². The second kappa shape index (κ2) is 3.59. The van der Waals surface area contributed by atoms with Gasteiger partial charge in [0.05, 0.1) is 12.7 Å². The highest BCUT2D eigenvalue weighted by Gasteiger charge is 2.30. The van der Waals surface area contributed by atoms with Crippen molar-refractivity contribution in [2.75, 3.05) is 26.2 Å². The van der Waals surface area contributed by atoms with Gasteiger partial charge in [-0.05, 0) is 0 Å². The number of halogens is 3. The van der Waals surface area contributed by atoms with Gasteiger partial charge in [0.1, 0.15) is 0 Å². The van der Waals surface area contributed by atoms with Crippen LogP contribution in [0, 0.1) is 0 Å². The molecule has 0 bridgehead atoms. The molecule has 0 aromatic carbocycles. The van der Waals surface area contributed by atoms with E-state index < -0.39 is 6.36 Å². The van der Waals surface area contributed by atoms with E-state index in [0.29, 0.717) is 13.1 Å². The van der Waals surface area contributed by atoms with E-state index in [1.165, 1.54) is 0 Å². The molecule has 3 nitrogen and oxygen atoms in total. The molecule has 0 spiro atoms. The molecule has 72 valence electrons. The smallest absolute Gasteiger partial charge is 0.390 e. The third kappa shape index (κ3) is 3.38. The number of aliphatic hydroxyl groups excluding tert-OH is 1. The lowest BCUT2D eigenvalue weighted by Gasteiger charge is -2.35. The second-order valence-corrected chi connectivity index (χ2v) is 2.71. The number of aliphatic hydroxyl groups is 1. The van der Waals surface area contributed by atoms with Gasteiger partial charge in [-0.15, -0.1) is 13.2 Å². The molecule has 1 aliphatic rings. The van der Waals surface area contributed by atoms with Crippen LogP contribution < -0.4 is 0 Å². The van der Waals surface area contributed by atoms with Crippen LogP contribution in [0.5, 0.6) is 0 Å². The summed E-state index contributed by atoms with van der Waals surface area (Å²) in [6.45, 7) is 0.745. The number of likely N-dealkylation sites (tertiary alicyclic amines) is 1. The van der Waals surface area contributed by atoms with Crippen LogP contribution in [-0.2, 0) is 4.74 Å². The van der Waals surface area contributed by atoms with Crippen molar-refractivity contribution in [3.8, 4) is 0 Å². The Morgan fingerprint density at radius 2 is 2.00 bits per heavy atom. The molecule has 6 heteroatoms. The van der Waals surface area contributed by atoms with E-state index in [2.05, 4.69) is 4.74 Å². The number of ether oxygens (including phenoxy) is 1. The lowest BCUT2D eigenvalue weighted by Crippen LogP contribution is -2.51. The van der Waals surface area contributed by atoms with E-state index in [1.54, 1.807) is 4.90 Å². The number of hydrogen-bond donors (Lipinski definition) is 1. The van der Waals surface area contributed by atoms with Gasteiger partial charge < -0.3 is 5.11 Å². The molecule has 1 aliphatic heterocycles. The molecule has 1 fully saturated rings. The Morgan fingerprint density at radius 1 is 1.42 bits per heavy atom. The van der Waals surface area contributed by atoms with E-state index in [9.17, 15) is 13.2 Å². The molecule has 0 unspecified atom stereocenters. The minimum absolute atomic E-state index is 0.219. The van der Waals surface area contributed by atoms with Crippen molar-refractivity contribution in [2.45, 2.75) is 12.5 Å². The van der Waals surface area contributed by atoms with E-state index in [1.807, 2.05) is 0 Å². The molecule has 1 heterocycles. The summed E-state index contributed by atoms with van der Waals surface area (Å²) in [5.41, 5.74) is 0. The first kappa shape index (κ1) is 9.76. The Balaban J connectivity index is 1.97. The molecular formula is C6H10F3NO2. The maximum absolute atomic E-state index is 11.4. The Labute approximate surface area is 67.7 Å². The van der Waals surface area contributed by atoms with Gasteiger partial charge in [-0.1, -0.05) is 0 Å². The predicted octanol–water partition coefficient (Wildman–Crippen LogP) is 0.199. The highest BCUT2D eigenvalue weighted by molar-refractivity contribution is 4.77. The van der Waals surface area contributed by atoms with E-state index in [4.69, 9.17) is 5.11 Å². The number of alkyl halides is 3. The third-order valence-corrected chi connectivity index (χ3v) is 1.61. The average molecular weight is 185 g/mol. The topological polar surface area (TPSA) is 32.7 Å². The standard InChI is InChI=1S/C6H10F3NO2/c7-6(8,9)12-2-1-10-3-5(11)4-10/h5,11H,1-4H2. The van der Waals surface area contributed by atoms with Gasteiger partial charge in [0.15, 0.2) is 0 Å². The summed E-state index contributed by atoms with van der Waals surface area (Å²) in [4.78, 5) is 1.69. The number of hydrogen-bond acceptors (Lipinski definition) is 3. The summed E-state index contributed by atoms with van der Waals surface area (Å²) in [6, 6.07) is 0. The van der Waals surface area contributed by atoms with E-state index >= 15 is 0 Å². The molecule has 1 saturated heterocycles. The van der Waals surface area contributed by atoms with Crippen molar-refractivity contribution in [1.82, 2.24) is 4.90 Å². The fraction of sp³-hybridized carbons (Fsp3) is 1.00. The SMILES string of the molecule is OC1CN(CCOC(F)(F)F)C1. The molecule has 1 N–H and O–H groups in total. The summed E-state index contributed by atoms with van der Waals surface area (Å²) in [6.07, 6.45) is -4.92. The van der Waals surface area contributed by atoms with Crippen molar-refractivity contribution in [3.05, 3.63) is 0 Å². The van der Waals surface area contributed by atoms with Crippen LogP contribution in [0.25, 0.3) is 0 Å². The number of rotatable bonds is 3. The maximum atomic E-state index is 11.4. The van der Waals surface area contributed by atoms with Gasteiger partial charge in [0, 0.05) is 19.6 Å². The Kier molecular flexibility index (Phi) is 2.92. The highest BCUT2D eigenvalue weighted by atomic mass is 19.4. The summed E-state index contributed by atoms with van der Waals surface area (Å²) in [5.74, 6) is 0. The van der Waals surface area contributed by atoms with Crippen LogP contribution in [0.1, 0.15) is 0 Å². The van der Waals surface area contributed by atoms with Gasteiger partial charge >= 0.3 is 6.36 Å². The van der Waals surface area contributed by atoms with Gasteiger partial charge in [-0.2, -0.15) is 0 Å². The molecule has 0 aliphatic carbocycles. The van der Waals surface area contributed by atoms with Crippen LogP contribution in [0.3, 0.4) is 0 Å². The summed E-state index contributed by atoms with van der Waals surface area (Å²) in [5, 5.41) is 8.77. The fourth-order valence-corrected chi connectivity index (χ4v) is 1.02. The molecule has 0 saturated carbocycles. The number of nitrogens with zero attached hydrogens (tertiary/aromatic N) is 1. The van der Waals surface area contributed by atoms with Gasteiger partial charge in [-0.3, -0.25) is 9.64 Å². The average Bonchev–Trinajstić information content (AvgIpc) is 1.81. The predicted molar refractivity (Wildman–Crippen MR) is 34.5 cm³/mol. The van der Waals surface area contributed by atoms with Gasteiger partial charge in [0.25, 0.3) is 0 Å². The third-order valence-electron chi connectivity index (χ3n) is 1.61. The van der Waals surface area contributed by atoms with E-state index in [0.717, 1.165) is 0 Å². The second-order valence-electron chi connectivity index (χ2n) is 2.71. The molecule has 0 atom stereocenters. The lowest BCUT2D eigenvalue weighted by molar-refractivity contribution is -0.325. The zero-order valence-electron chi connectivity index (χ0n) is 6.34. The van der Waals surface area contributed by atoms with Crippen molar-refractivity contribution in [1.29, 1.82) is 0 Å². The normalized spacial score (nSPS) is 21.0. The van der Waals surface area contributed by atoms with Crippen LogP contribution >= 0.6 is 0 Å². The lowest BCUT2D eigenvalue weighted by atomic mass is 10.2. The quantitative estimate of drug-likeness (QED) is 0.681. The Bertz CT molecular complexity index is 144. The van der Waals surface area contributed by atoms with Crippen LogP contribution in [0.2, 0.25) is 0 Å². The van der Waals surface area contributed by atoms with Crippen molar-refractivity contribution in [3.63, 3.8) is 0 Å². The highest BCUT2D eigenvalue weighted by Crippen LogP contribution is 2.16. The molecular weight excluding hydrogens is 175 g/mol. The van der Waals surface area contributed by atoms with E-state index in [-0.39, 0.29) is 19.3 Å². The summed E-state index contributed by atoms with van der Waals surface area (Å²) < 4.78 is 37.8. The maximum Gasteiger partial charge on any atom is 0.522 e. The zero-order chi connectivity index (χ0) is 9.19. The minimum Gasteiger partial charge on any atom is -0.390 e. The van der Waals surface area contributed by atoms with Crippen molar-refractivity contribution < 1.29 is 23.0 Å². The number of β-amino-alcohol motifs (C(OH)–C–C–N with tert-alkyl or cyclic N) is 1.